The first kappa shape index (κ1) is 30.5. The van der Waals surface area contributed by atoms with Crippen LogP contribution in [0.3, 0.4) is 0 Å². The van der Waals surface area contributed by atoms with Crippen molar-refractivity contribution in [1.82, 2.24) is 0 Å². The molecule has 2 saturated carbocycles. The molecule has 2 aliphatic carbocycles. The molecule has 0 amide bonds. The van der Waals surface area contributed by atoms with Crippen molar-refractivity contribution in [3.05, 3.63) is 12.3 Å². The van der Waals surface area contributed by atoms with Gasteiger partial charge in [0, 0.05) is 37.5 Å². The molecule has 0 aromatic carbocycles. The third-order valence-corrected chi connectivity index (χ3v) is 9.32. The van der Waals surface area contributed by atoms with Crippen LogP contribution in [0.15, 0.2) is 0 Å². The molecule has 2 fully saturated rings. The Balaban J connectivity index is 0.000000542. The summed E-state index contributed by atoms with van der Waals surface area (Å²) in [5, 5.41) is 0. The van der Waals surface area contributed by atoms with Crippen molar-refractivity contribution in [1.29, 1.82) is 0 Å². The molecular formula is C27H52SY-2. The molecule has 0 aromatic heterocycles. The van der Waals surface area contributed by atoms with E-state index in [0.29, 0.717) is 16.2 Å². The zero-order valence-corrected chi connectivity index (χ0v) is 25.4. The van der Waals surface area contributed by atoms with Crippen LogP contribution in [-0.2, 0) is 32.7 Å². The molecule has 5 unspecified atom stereocenters. The molecule has 2 aliphatic rings. The van der Waals surface area contributed by atoms with Gasteiger partial charge >= 0.3 is 0 Å². The normalized spacial score (nSPS) is 35.6. The minimum atomic E-state index is 0. The van der Waals surface area contributed by atoms with Crippen LogP contribution in [0.4, 0.5) is 0 Å². The average Bonchev–Trinajstić information content (AvgIpc) is 2.61. The van der Waals surface area contributed by atoms with Crippen molar-refractivity contribution in [2.75, 3.05) is 0 Å². The predicted molar refractivity (Wildman–Crippen MR) is 132 cm³/mol. The van der Waals surface area contributed by atoms with Gasteiger partial charge in [-0.05, 0) is 48.3 Å². The van der Waals surface area contributed by atoms with Crippen molar-refractivity contribution in [3.8, 4) is 0 Å². The van der Waals surface area contributed by atoms with Gasteiger partial charge < -0.3 is 12.3 Å². The van der Waals surface area contributed by atoms with E-state index in [9.17, 15) is 0 Å². The molecule has 0 spiro atoms. The SMILES string of the molecule is CCCC1(CC(C)(S)CC)C(C)CC1(C)C.C[CH-]C1([C-](C)C)CCCC(C)C1.[Y]. The molecule has 0 aromatic rings. The molecule has 0 N–H and O–H groups in total. The van der Waals surface area contributed by atoms with Crippen LogP contribution in [0.2, 0.25) is 0 Å². The molecule has 2 heteroatoms. The van der Waals surface area contributed by atoms with Crippen LogP contribution in [0.25, 0.3) is 0 Å². The molecule has 0 saturated heterocycles. The quantitative estimate of drug-likeness (QED) is 0.263. The summed E-state index contributed by atoms with van der Waals surface area (Å²) in [5.41, 5.74) is 1.54. The average molecular weight is 498 g/mol. The third-order valence-electron chi connectivity index (χ3n) is 8.84. The Morgan fingerprint density at radius 2 is 1.72 bits per heavy atom. The van der Waals surface area contributed by atoms with Crippen LogP contribution in [-0.4, -0.2) is 4.75 Å². The van der Waals surface area contributed by atoms with E-state index in [1.165, 1.54) is 57.8 Å². The van der Waals surface area contributed by atoms with E-state index < -0.39 is 0 Å². The van der Waals surface area contributed by atoms with Crippen LogP contribution < -0.4 is 0 Å². The molecule has 0 bridgehead atoms. The Morgan fingerprint density at radius 3 is 2.03 bits per heavy atom. The predicted octanol–water partition coefficient (Wildman–Crippen LogP) is 9.35. The molecule has 2 rings (SSSR count). The standard InChI is InChI=1S/C15H30S.C12H22.Y/c1-7-9-15(11-14(6,16)8-2)12(3)10-13(15,4)5;1-5-12(10(2)3)8-6-7-11(4)9-12;/h12,16H,7-11H2,1-6H3;5,11H,6-9H2,1-4H3;/q;-2;. The van der Waals surface area contributed by atoms with Gasteiger partial charge in [-0.1, -0.05) is 74.1 Å². The summed E-state index contributed by atoms with van der Waals surface area (Å²) in [6, 6.07) is 0. The van der Waals surface area contributed by atoms with Crippen molar-refractivity contribution in [2.24, 2.45) is 28.1 Å². The Hall–Kier alpha value is 1.45. The first-order chi connectivity index (χ1) is 12.8. The molecule has 29 heavy (non-hydrogen) atoms. The van der Waals surface area contributed by atoms with Crippen molar-refractivity contribution >= 4 is 12.6 Å². The number of thiol groups is 1. The summed E-state index contributed by atoms with van der Waals surface area (Å²) in [6.07, 6.45) is 14.6. The van der Waals surface area contributed by atoms with E-state index in [2.05, 4.69) is 75.7 Å². The van der Waals surface area contributed by atoms with Gasteiger partial charge in [-0.25, -0.2) is 0 Å². The first-order valence-electron chi connectivity index (χ1n) is 12.1. The summed E-state index contributed by atoms with van der Waals surface area (Å²) in [6.45, 7) is 23.5. The molecule has 171 valence electrons. The summed E-state index contributed by atoms with van der Waals surface area (Å²) in [4.78, 5) is 0. The monoisotopic (exact) mass is 497 g/mol. The Morgan fingerprint density at radius 1 is 1.14 bits per heavy atom. The van der Waals surface area contributed by atoms with Crippen LogP contribution in [0.1, 0.15) is 127 Å². The zero-order valence-electron chi connectivity index (χ0n) is 21.6. The Bertz CT molecular complexity index is 469. The van der Waals surface area contributed by atoms with Crippen LogP contribution in [0.5, 0.6) is 0 Å². The maximum Gasteiger partial charge on any atom is 0.0104 e. The van der Waals surface area contributed by atoms with Gasteiger partial charge in [0.15, 0.2) is 0 Å². The first-order valence-corrected chi connectivity index (χ1v) is 12.6. The zero-order chi connectivity index (χ0) is 21.8. The molecule has 0 nitrogen and oxygen atoms in total. The molecule has 1 radical (unpaired) electrons. The van der Waals surface area contributed by atoms with E-state index in [1.54, 1.807) is 5.92 Å². The van der Waals surface area contributed by atoms with Crippen molar-refractivity contribution in [2.45, 2.75) is 132 Å². The topological polar surface area (TPSA) is 0 Å². The number of rotatable bonds is 7. The van der Waals surface area contributed by atoms with E-state index in [4.69, 9.17) is 12.6 Å². The fourth-order valence-electron chi connectivity index (χ4n) is 6.63. The number of hydrogen-bond donors (Lipinski definition) is 1. The van der Waals surface area contributed by atoms with E-state index in [0.717, 1.165) is 11.8 Å². The second-order valence-electron chi connectivity index (χ2n) is 11.6. The van der Waals surface area contributed by atoms with Gasteiger partial charge in [-0.15, -0.1) is 6.42 Å². The van der Waals surface area contributed by atoms with Gasteiger partial charge in [0.25, 0.3) is 0 Å². The molecule has 0 aliphatic heterocycles. The summed E-state index contributed by atoms with van der Waals surface area (Å²) >= 11 is 4.88. The summed E-state index contributed by atoms with van der Waals surface area (Å²) in [5.74, 6) is 3.40. The fourth-order valence-corrected chi connectivity index (χ4v) is 6.92. The fraction of sp³-hybridized carbons (Fsp3) is 0.926. The van der Waals surface area contributed by atoms with Gasteiger partial charge in [-0.3, -0.25) is 5.41 Å². The van der Waals surface area contributed by atoms with E-state index in [1.807, 2.05) is 0 Å². The summed E-state index contributed by atoms with van der Waals surface area (Å²) < 4.78 is 0.209. The van der Waals surface area contributed by atoms with Crippen molar-refractivity contribution < 1.29 is 32.7 Å². The van der Waals surface area contributed by atoms with Gasteiger partial charge in [0.1, 0.15) is 0 Å². The number of hydrogen-bond acceptors (Lipinski definition) is 1. The minimum Gasteiger partial charge on any atom is -0.354 e. The van der Waals surface area contributed by atoms with Gasteiger partial charge in [0.05, 0.1) is 0 Å². The smallest absolute Gasteiger partial charge is 0.0104 e. The van der Waals surface area contributed by atoms with E-state index >= 15 is 0 Å². The maximum absolute atomic E-state index is 4.88. The van der Waals surface area contributed by atoms with Gasteiger partial charge in [0.2, 0.25) is 0 Å². The largest absolute Gasteiger partial charge is 0.354 e. The third kappa shape index (κ3) is 7.22. The summed E-state index contributed by atoms with van der Waals surface area (Å²) in [7, 11) is 0. The second-order valence-corrected chi connectivity index (χ2v) is 12.6. The van der Waals surface area contributed by atoms with Crippen LogP contribution in [0, 0.1) is 40.4 Å². The molecular weight excluding hydrogens is 445 g/mol. The Labute approximate surface area is 216 Å². The second kappa shape index (κ2) is 12.1. The minimum absolute atomic E-state index is 0. The van der Waals surface area contributed by atoms with Crippen LogP contribution >= 0.6 is 12.6 Å². The van der Waals surface area contributed by atoms with Crippen molar-refractivity contribution in [3.63, 3.8) is 0 Å². The Kier molecular flexibility index (Phi) is 12.7. The van der Waals surface area contributed by atoms with E-state index in [-0.39, 0.29) is 37.5 Å². The molecule has 5 atom stereocenters. The van der Waals surface area contributed by atoms with Gasteiger partial charge in [-0.2, -0.15) is 33.4 Å². The molecule has 0 heterocycles. The maximum atomic E-state index is 4.88.